The predicted octanol–water partition coefficient (Wildman–Crippen LogP) is 0.375. The second kappa shape index (κ2) is 3.53. The van der Waals surface area contributed by atoms with Gasteiger partial charge in [-0.15, -0.1) is 0 Å². The van der Waals surface area contributed by atoms with E-state index in [-0.39, 0.29) is 6.61 Å². The van der Waals surface area contributed by atoms with E-state index in [1.165, 1.54) is 0 Å². The van der Waals surface area contributed by atoms with Crippen LogP contribution in [0.3, 0.4) is 0 Å². The van der Waals surface area contributed by atoms with E-state index in [2.05, 4.69) is 9.97 Å². The van der Waals surface area contributed by atoms with Crippen molar-refractivity contribution in [2.75, 3.05) is 6.61 Å². The van der Waals surface area contributed by atoms with Crippen LogP contribution in [0.5, 0.6) is 0 Å². The Labute approximate surface area is 85.2 Å². The summed E-state index contributed by atoms with van der Waals surface area (Å²) in [6, 6.07) is -0.464. The Balaban J connectivity index is 2.51. The van der Waals surface area contributed by atoms with E-state index in [0.717, 1.165) is 0 Å². The molecule has 2 aromatic rings. The third-order valence-electron chi connectivity index (χ3n) is 1.91. The lowest BCUT2D eigenvalue weighted by atomic mass is 10.2. The van der Waals surface area contributed by atoms with Gasteiger partial charge in [0.05, 0.1) is 24.5 Å². The quantitative estimate of drug-likeness (QED) is 0.755. The summed E-state index contributed by atoms with van der Waals surface area (Å²) in [7, 11) is 0. The molecule has 0 saturated carbocycles. The van der Waals surface area contributed by atoms with Crippen LogP contribution in [-0.2, 0) is 0 Å². The molecule has 0 aromatic carbocycles. The summed E-state index contributed by atoms with van der Waals surface area (Å²) < 4.78 is 1.72. The van der Waals surface area contributed by atoms with Gasteiger partial charge in [-0.05, 0) is 0 Å². The van der Waals surface area contributed by atoms with E-state index in [1.807, 2.05) is 0 Å². The van der Waals surface area contributed by atoms with Gasteiger partial charge in [0.2, 0.25) is 0 Å². The summed E-state index contributed by atoms with van der Waals surface area (Å²) in [5.74, 6) is 0. The van der Waals surface area contributed by atoms with Crippen molar-refractivity contribution in [1.29, 1.82) is 0 Å². The van der Waals surface area contributed by atoms with Gasteiger partial charge in [0, 0.05) is 12.4 Å². The first-order chi connectivity index (χ1) is 6.70. The van der Waals surface area contributed by atoms with Crippen LogP contribution in [0.15, 0.2) is 18.6 Å². The maximum atomic E-state index is 8.85. The van der Waals surface area contributed by atoms with E-state index < -0.39 is 6.04 Å². The van der Waals surface area contributed by atoms with Gasteiger partial charge in [0.25, 0.3) is 0 Å². The molecule has 5 nitrogen and oxygen atoms in total. The smallest absolute Gasteiger partial charge is 0.155 e. The molecule has 1 atom stereocenters. The third-order valence-corrected chi connectivity index (χ3v) is 2.10. The SMILES string of the molecule is NC(CO)c1cn2cc(Cl)ncc2n1. The summed E-state index contributed by atoms with van der Waals surface area (Å²) in [5, 5.41) is 9.24. The normalized spacial score (nSPS) is 13.4. The zero-order chi connectivity index (χ0) is 10.1. The number of aliphatic hydroxyl groups is 1. The molecule has 3 N–H and O–H groups in total. The zero-order valence-electron chi connectivity index (χ0n) is 7.26. The van der Waals surface area contributed by atoms with Crippen molar-refractivity contribution in [1.82, 2.24) is 14.4 Å². The van der Waals surface area contributed by atoms with Gasteiger partial charge in [-0.2, -0.15) is 0 Å². The molecule has 2 heterocycles. The minimum absolute atomic E-state index is 0.134. The Morgan fingerprint density at radius 2 is 2.36 bits per heavy atom. The van der Waals surface area contributed by atoms with Crippen LogP contribution in [0.25, 0.3) is 5.65 Å². The van der Waals surface area contributed by atoms with Gasteiger partial charge >= 0.3 is 0 Å². The Morgan fingerprint density at radius 1 is 1.57 bits per heavy atom. The Hall–Kier alpha value is -1.17. The molecule has 1 unspecified atom stereocenters. The van der Waals surface area contributed by atoms with Crippen molar-refractivity contribution in [3.63, 3.8) is 0 Å². The van der Waals surface area contributed by atoms with Gasteiger partial charge in [0.15, 0.2) is 5.65 Å². The summed E-state index contributed by atoms with van der Waals surface area (Å²) >= 11 is 5.70. The second-order valence-electron chi connectivity index (χ2n) is 2.93. The van der Waals surface area contributed by atoms with Crippen molar-refractivity contribution < 1.29 is 5.11 Å². The van der Waals surface area contributed by atoms with Crippen molar-refractivity contribution in [2.24, 2.45) is 5.73 Å². The monoisotopic (exact) mass is 212 g/mol. The number of hydrogen-bond donors (Lipinski definition) is 2. The van der Waals surface area contributed by atoms with Crippen molar-refractivity contribution in [2.45, 2.75) is 6.04 Å². The largest absolute Gasteiger partial charge is 0.394 e. The number of imidazole rings is 1. The molecule has 0 aliphatic rings. The summed E-state index contributed by atoms with van der Waals surface area (Å²) in [4.78, 5) is 8.07. The van der Waals surface area contributed by atoms with Gasteiger partial charge in [0.1, 0.15) is 5.15 Å². The molecule has 0 spiro atoms. The average Bonchev–Trinajstić information content (AvgIpc) is 2.59. The molecular weight excluding hydrogens is 204 g/mol. The van der Waals surface area contributed by atoms with Crippen LogP contribution in [0, 0.1) is 0 Å². The van der Waals surface area contributed by atoms with Gasteiger partial charge < -0.3 is 15.2 Å². The molecule has 0 bridgehead atoms. The van der Waals surface area contributed by atoms with Crippen LogP contribution in [0.2, 0.25) is 5.15 Å². The average molecular weight is 213 g/mol. The topological polar surface area (TPSA) is 76.4 Å². The molecule has 0 radical (unpaired) electrons. The first-order valence-electron chi connectivity index (χ1n) is 4.07. The Kier molecular flexibility index (Phi) is 2.37. The maximum absolute atomic E-state index is 8.85. The molecule has 2 rings (SSSR count). The minimum atomic E-state index is -0.464. The lowest BCUT2D eigenvalue weighted by Crippen LogP contribution is -2.14. The van der Waals surface area contributed by atoms with Crippen LogP contribution in [-0.4, -0.2) is 26.1 Å². The lowest BCUT2D eigenvalue weighted by molar-refractivity contribution is 0.266. The van der Waals surface area contributed by atoms with E-state index in [4.69, 9.17) is 22.4 Å². The molecular formula is C8H9ClN4O. The molecule has 74 valence electrons. The predicted molar refractivity (Wildman–Crippen MR) is 52.0 cm³/mol. The summed E-state index contributed by atoms with van der Waals surface area (Å²) in [6.07, 6.45) is 4.91. The standard InChI is InChI=1S/C8H9ClN4O/c9-7-3-13-2-6(5(10)4-14)12-8(13)1-11-7/h1-3,5,14H,4,10H2. The van der Waals surface area contributed by atoms with Crippen LogP contribution in [0.1, 0.15) is 11.7 Å². The van der Waals surface area contributed by atoms with Gasteiger partial charge in [-0.1, -0.05) is 11.6 Å². The Morgan fingerprint density at radius 3 is 3.07 bits per heavy atom. The molecule has 14 heavy (non-hydrogen) atoms. The summed E-state index contributed by atoms with van der Waals surface area (Å²) in [5.41, 5.74) is 6.90. The number of aliphatic hydroxyl groups excluding tert-OH is 1. The highest BCUT2D eigenvalue weighted by atomic mass is 35.5. The number of nitrogens with two attached hydrogens (primary N) is 1. The third kappa shape index (κ3) is 1.57. The molecule has 0 amide bonds. The Bertz CT molecular complexity index is 456. The first kappa shape index (κ1) is 9.39. The number of rotatable bonds is 2. The molecule has 0 aliphatic carbocycles. The summed E-state index contributed by atoms with van der Waals surface area (Å²) in [6.45, 7) is -0.134. The van der Waals surface area contributed by atoms with E-state index in [1.54, 1.807) is 23.0 Å². The van der Waals surface area contributed by atoms with Crippen LogP contribution >= 0.6 is 11.6 Å². The maximum Gasteiger partial charge on any atom is 0.155 e. The fourth-order valence-electron chi connectivity index (χ4n) is 1.17. The number of halogens is 1. The molecule has 2 aromatic heterocycles. The molecule has 0 fully saturated rings. The van der Waals surface area contributed by atoms with Crippen molar-refractivity contribution in [3.05, 3.63) is 29.4 Å². The van der Waals surface area contributed by atoms with E-state index >= 15 is 0 Å². The fourth-order valence-corrected chi connectivity index (χ4v) is 1.32. The van der Waals surface area contributed by atoms with Crippen LogP contribution < -0.4 is 5.73 Å². The first-order valence-corrected chi connectivity index (χ1v) is 4.45. The van der Waals surface area contributed by atoms with E-state index in [0.29, 0.717) is 16.5 Å². The zero-order valence-corrected chi connectivity index (χ0v) is 8.02. The molecule has 6 heteroatoms. The highest BCUT2D eigenvalue weighted by molar-refractivity contribution is 6.29. The number of aromatic nitrogens is 3. The van der Waals surface area contributed by atoms with Gasteiger partial charge in [-0.3, -0.25) is 0 Å². The van der Waals surface area contributed by atoms with Crippen molar-refractivity contribution in [3.8, 4) is 0 Å². The van der Waals surface area contributed by atoms with E-state index in [9.17, 15) is 0 Å². The van der Waals surface area contributed by atoms with Crippen LogP contribution in [0.4, 0.5) is 0 Å². The van der Waals surface area contributed by atoms with Crippen molar-refractivity contribution >= 4 is 17.2 Å². The minimum Gasteiger partial charge on any atom is -0.394 e. The highest BCUT2D eigenvalue weighted by Gasteiger charge is 2.09. The molecule has 0 aliphatic heterocycles. The highest BCUT2D eigenvalue weighted by Crippen LogP contribution is 2.12. The number of fused-ring (bicyclic) bond motifs is 1. The molecule has 0 saturated heterocycles. The lowest BCUT2D eigenvalue weighted by Gasteiger charge is -2.00. The fraction of sp³-hybridized carbons (Fsp3) is 0.250. The number of hydrogen-bond acceptors (Lipinski definition) is 4. The number of nitrogens with zero attached hydrogens (tertiary/aromatic N) is 3. The van der Waals surface area contributed by atoms with Gasteiger partial charge in [-0.25, -0.2) is 9.97 Å². The second-order valence-corrected chi connectivity index (χ2v) is 3.32.